The molecule has 0 aromatic heterocycles. The Morgan fingerprint density at radius 3 is 1.43 bits per heavy atom. The average molecular weight is 873 g/mol. The minimum Gasteiger partial charge on any atom is -0.457 e. The van der Waals surface area contributed by atoms with E-state index in [2.05, 4.69) is 111 Å². The molecule has 1 N–H and O–H groups in total. The van der Waals surface area contributed by atoms with E-state index >= 15 is 0 Å². The van der Waals surface area contributed by atoms with E-state index in [9.17, 15) is 14.3 Å². The largest absolute Gasteiger partial charge is 0.472 e. The Balaban J connectivity index is 4.30. The number of likely N-dealkylation sites (N-methyl/N-ethyl adjacent to an activating group) is 1. The predicted molar refractivity (Wildman–Crippen MR) is 261 cm³/mol. The van der Waals surface area contributed by atoms with E-state index in [4.69, 9.17) is 18.5 Å². The average Bonchev–Trinajstić information content (AvgIpc) is 3.22. The van der Waals surface area contributed by atoms with E-state index in [-0.39, 0.29) is 25.8 Å². The van der Waals surface area contributed by atoms with Gasteiger partial charge in [-0.1, -0.05) is 175 Å². The van der Waals surface area contributed by atoms with Crippen LogP contribution in [-0.2, 0) is 27.9 Å². The van der Waals surface area contributed by atoms with Gasteiger partial charge in [0, 0.05) is 6.42 Å². The Kier molecular flexibility index (Phi) is 42.2. The molecule has 0 saturated carbocycles. The molecule has 0 radical (unpaired) electrons. The van der Waals surface area contributed by atoms with Crippen LogP contribution in [0.1, 0.15) is 168 Å². The first-order valence-electron chi connectivity index (χ1n) is 24.0. The highest BCUT2D eigenvalue weighted by atomic mass is 31.2. The molecule has 0 aromatic rings. The molecular formula is C52H91NO7P+. The zero-order valence-electron chi connectivity index (χ0n) is 39.6. The molecule has 350 valence electrons. The van der Waals surface area contributed by atoms with Crippen LogP contribution in [0.3, 0.4) is 0 Å². The lowest BCUT2D eigenvalue weighted by atomic mass is 10.1. The SMILES string of the molecule is CC/C=C\C/C=C\C/C=C\C/C=C\C/C=C\CCOCC(COP(=O)(O)OCC[N+](C)(C)C)OC(=O)CCCCCCCCCC/C=C\C/C=C\C/C=C\CCCCCCC. The van der Waals surface area contributed by atoms with Gasteiger partial charge < -0.3 is 18.9 Å². The molecule has 0 bridgehead atoms. The number of quaternary nitrogens is 1. The molecule has 0 fully saturated rings. The van der Waals surface area contributed by atoms with E-state index in [0.717, 1.165) is 70.6 Å². The van der Waals surface area contributed by atoms with Crippen molar-refractivity contribution in [3.8, 4) is 0 Å². The first-order valence-corrected chi connectivity index (χ1v) is 25.5. The maximum Gasteiger partial charge on any atom is 0.472 e. The van der Waals surface area contributed by atoms with Crippen molar-refractivity contribution in [2.75, 3.05) is 54.1 Å². The molecule has 0 spiro atoms. The Labute approximate surface area is 375 Å². The van der Waals surface area contributed by atoms with Gasteiger partial charge in [-0.3, -0.25) is 13.8 Å². The van der Waals surface area contributed by atoms with Crippen molar-refractivity contribution in [1.29, 1.82) is 0 Å². The summed E-state index contributed by atoms with van der Waals surface area (Å²) in [5.74, 6) is -0.349. The number of esters is 1. The fourth-order valence-corrected chi connectivity index (χ4v) is 6.72. The van der Waals surface area contributed by atoms with E-state index in [1.165, 1.54) is 70.6 Å². The van der Waals surface area contributed by atoms with Crippen LogP contribution in [0.15, 0.2) is 97.2 Å². The van der Waals surface area contributed by atoms with Crippen molar-refractivity contribution in [1.82, 2.24) is 0 Å². The van der Waals surface area contributed by atoms with Crippen molar-refractivity contribution in [2.24, 2.45) is 0 Å². The van der Waals surface area contributed by atoms with Crippen LogP contribution >= 0.6 is 7.82 Å². The second-order valence-electron chi connectivity index (χ2n) is 16.8. The van der Waals surface area contributed by atoms with Crippen LogP contribution in [0.4, 0.5) is 0 Å². The topological polar surface area (TPSA) is 91.3 Å². The zero-order valence-corrected chi connectivity index (χ0v) is 40.5. The first-order chi connectivity index (χ1) is 29.6. The molecule has 0 heterocycles. The number of carbonyl (C=O) groups is 1. The number of unbranched alkanes of at least 4 members (excludes halogenated alkanes) is 13. The molecule has 2 unspecified atom stereocenters. The van der Waals surface area contributed by atoms with E-state index in [1.54, 1.807) is 0 Å². The first kappa shape index (κ1) is 58.4. The molecule has 9 heteroatoms. The van der Waals surface area contributed by atoms with Gasteiger partial charge >= 0.3 is 13.8 Å². The van der Waals surface area contributed by atoms with Crippen LogP contribution in [-0.4, -0.2) is 75.6 Å². The van der Waals surface area contributed by atoms with Crippen LogP contribution in [0, 0.1) is 0 Å². The van der Waals surface area contributed by atoms with Crippen molar-refractivity contribution in [3.63, 3.8) is 0 Å². The van der Waals surface area contributed by atoms with Crippen LogP contribution in [0.2, 0.25) is 0 Å². The molecule has 0 aliphatic rings. The van der Waals surface area contributed by atoms with Crippen molar-refractivity contribution in [2.45, 2.75) is 174 Å². The zero-order chi connectivity index (χ0) is 44.8. The normalized spacial score (nSPS) is 14.5. The van der Waals surface area contributed by atoms with Gasteiger partial charge in [-0.15, -0.1) is 0 Å². The van der Waals surface area contributed by atoms with E-state index in [1.807, 2.05) is 21.1 Å². The summed E-state index contributed by atoms with van der Waals surface area (Å²) in [6, 6.07) is 0. The van der Waals surface area contributed by atoms with Crippen LogP contribution in [0.25, 0.3) is 0 Å². The Hall–Kier alpha value is -2.58. The van der Waals surface area contributed by atoms with Gasteiger partial charge in [0.25, 0.3) is 0 Å². The molecule has 2 atom stereocenters. The summed E-state index contributed by atoms with van der Waals surface area (Å²) < 4.78 is 34.9. The molecule has 0 aliphatic carbocycles. The third-order valence-electron chi connectivity index (χ3n) is 9.65. The smallest absolute Gasteiger partial charge is 0.457 e. The fourth-order valence-electron chi connectivity index (χ4n) is 5.98. The quantitative estimate of drug-likeness (QED) is 0.0214. The molecule has 0 aliphatic heterocycles. The number of ether oxygens (including phenoxy) is 2. The predicted octanol–water partition coefficient (Wildman–Crippen LogP) is 14.6. The molecule has 0 aromatic carbocycles. The number of allylic oxidation sites excluding steroid dienone is 15. The molecule has 0 saturated heterocycles. The van der Waals surface area contributed by atoms with Gasteiger partial charge in [-0.25, -0.2) is 4.57 Å². The number of hydrogen-bond acceptors (Lipinski definition) is 6. The third kappa shape index (κ3) is 48.3. The highest BCUT2D eigenvalue weighted by molar-refractivity contribution is 7.47. The second-order valence-corrected chi connectivity index (χ2v) is 18.2. The maximum atomic E-state index is 12.7. The van der Waals surface area contributed by atoms with Gasteiger partial charge in [0.05, 0.1) is 41.0 Å². The third-order valence-corrected chi connectivity index (χ3v) is 10.6. The Morgan fingerprint density at radius 1 is 0.525 bits per heavy atom. The maximum absolute atomic E-state index is 12.7. The Bertz CT molecular complexity index is 1290. The lowest BCUT2D eigenvalue weighted by molar-refractivity contribution is -0.870. The summed E-state index contributed by atoms with van der Waals surface area (Å²) in [5, 5.41) is 0. The van der Waals surface area contributed by atoms with Crippen molar-refractivity contribution >= 4 is 13.8 Å². The second kappa shape index (κ2) is 44.0. The summed E-state index contributed by atoms with van der Waals surface area (Å²) in [6.07, 6.45) is 60.5. The lowest BCUT2D eigenvalue weighted by Gasteiger charge is -2.24. The highest BCUT2D eigenvalue weighted by Gasteiger charge is 2.26. The number of hydrogen-bond donors (Lipinski definition) is 1. The minimum atomic E-state index is -4.31. The lowest BCUT2D eigenvalue weighted by Crippen LogP contribution is -2.37. The summed E-state index contributed by atoms with van der Waals surface area (Å²) in [6.45, 7) is 5.23. The summed E-state index contributed by atoms with van der Waals surface area (Å²) in [4.78, 5) is 22.9. The number of phosphoric acid groups is 1. The van der Waals surface area contributed by atoms with Gasteiger partial charge in [-0.05, 0) is 83.5 Å². The van der Waals surface area contributed by atoms with Gasteiger partial charge in [0.2, 0.25) is 0 Å². The standard InChI is InChI=1S/C52H90NO7P/c1-6-8-10-12-14-16-18-20-22-24-25-26-27-28-29-30-31-33-35-37-39-41-43-45-52(54)60-51(50-59-61(55,56)58-48-46-53(3,4)5)49-57-47-44-42-40-38-36-34-32-23-21-19-17-15-13-11-9-7-2/h9,11,15,17-18,20-21,23-25,27-28,34,36,40,42,51H,6-8,10,12-14,16,19,22,26,29-33,35,37-39,41,43-50H2,1-5H3/p+1/b11-9-,17-15-,20-18-,23-21-,25-24-,28-27-,36-34-,42-40-. The fraction of sp³-hybridized carbons (Fsp3) is 0.673. The van der Waals surface area contributed by atoms with Crippen LogP contribution < -0.4 is 0 Å². The van der Waals surface area contributed by atoms with Gasteiger partial charge in [0.1, 0.15) is 19.3 Å². The molecule has 8 nitrogen and oxygen atoms in total. The van der Waals surface area contributed by atoms with E-state index in [0.29, 0.717) is 30.5 Å². The van der Waals surface area contributed by atoms with Crippen LogP contribution in [0.5, 0.6) is 0 Å². The number of rotatable bonds is 43. The molecule has 61 heavy (non-hydrogen) atoms. The van der Waals surface area contributed by atoms with Crippen molar-refractivity contribution in [3.05, 3.63) is 97.2 Å². The van der Waals surface area contributed by atoms with Gasteiger partial charge in [-0.2, -0.15) is 0 Å². The Morgan fingerprint density at radius 2 is 0.951 bits per heavy atom. The molecule has 0 rings (SSSR count). The summed E-state index contributed by atoms with van der Waals surface area (Å²) >= 11 is 0. The van der Waals surface area contributed by atoms with Crippen molar-refractivity contribution < 1.29 is 37.3 Å². The number of phosphoric ester groups is 1. The summed E-state index contributed by atoms with van der Waals surface area (Å²) in [5.41, 5.74) is 0. The van der Waals surface area contributed by atoms with E-state index < -0.39 is 13.9 Å². The molecular weight excluding hydrogens is 782 g/mol. The minimum absolute atomic E-state index is 0.0683. The highest BCUT2D eigenvalue weighted by Crippen LogP contribution is 2.43. The molecule has 0 amide bonds. The number of nitrogens with zero attached hydrogens (tertiary/aromatic N) is 1. The van der Waals surface area contributed by atoms with Gasteiger partial charge in [0.15, 0.2) is 0 Å². The number of carbonyl (C=O) groups excluding carboxylic acids is 1. The summed E-state index contributed by atoms with van der Waals surface area (Å²) in [7, 11) is 1.60. The monoisotopic (exact) mass is 873 g/mol.